The zero-order valence-corrected chi connectivity index (χ0v) is 13.9. The van der Waals surface area contributed by atoms with Crippen LogP contribution >= 0.6 is 11.3 Å². The lowest BCUT2D eigenvalue weighted by Gasteiger charge is -2.06. The number of hydrogen-bond acceptors (Lipinski definition) is 3. The van der Waals surface area contributed by atoms with Gasteiger partial charge in [0.1, 0.15) is 0 Å². The summed E-state index contributed by atoms with van der Waals surface area (Å²) in [4.78, 5) is 10.4. The van der Waals surface area contributed by atoms with Crippen LogP contribution in [-0.2, 0) is 0 Å². The predicted molar refractivity (Wildman–Crippen MR) is 99.2 cm³/mol. The first kappa shape index (κ1) is 14.0. The molecule has 0 saturated carbocycles. The Morgan fingerprint density at radius 2 is 1.70 bits per heavy atom. The van der Waals surface area contributed by atoms with E-state index in [0.29, 0.717) is 0 Å². The monoisotopic (exact) mass is 319 g/mol. The number of anilines is 1. The largest absolute Gasteiger partial charge is 0.354 e. The number of aromatic nitrogens is 2. The van der Waals surface area contributed by atoms with Gasteiger partial charge in [0.2, 0.25) is 0 Å². The maximum absolute atomic E-state index is 4.81. The normalized spacial score (nSPS) is 11.0. The molecule has 0 atom stereocenters. The van der Waals surface area contributed by atoms with Crippen molar-refractivity contribution >= 4 is 27.4 Å². The lowest BCUT2D eigenvalue weighted by molar-refractivity contribution is 1.11. The number of para-hydroxylation sites is 1. The minimum Gasteiger partial charge on any atom is -0.354 e. The summed E-state index contributed by atoms with van der Waals surface area (Å²) in [5.41, 5.74) is 5.65. The second kappa shape index (κ2) is 5.56. The molecule has 0 aliphatic heterocycles. The zero-order valence-electron chi connectivity index (χ0n) is 13.1. The third-order valence-corrected chi connectivity index (χ3v) is 4.91. The van der Waals surface area contributed by atoms with E-state index in [1.807, 2.05) is 25.1 Å². The van der Waals surface area contributed by atoms with E-state index in [9.17, 15) is 0 Å². The van der Waals surface area contributed by atoms with Gasteiger partial charge in [0.05, 0.1) is 11.4 Å². The highest BCUT2D eigenvalue weighted by Gasteiger charge is 2.17. The molecule has 0 aliphatic carbocycles. The summed E-state index contributed by atoms with van der Waals surface area (Å²) in [5, 5.41) is 4.36. The summed E-state index contributed by atoms with van der Waals surface area (Å²) in [7, 11) is 4.05. The van der Waals surface area contributed by atoms with E-state index in [1.165, 1.54) is 16.5 Å². The van der Waals surface area contributed by atoms with Crippen molar-refractivity contribution in [3.63, 3.8) is 0 Å². The maximum atomic E-state index is 4.81. The van der Waals surface area contributed by atoms with Crippen molar-refractivity contribution in [1.29, 1.82) is 0 Å². The van der Waals surface area contributed by atoms with Gasteiger partial charge in [-0.3, -0.25) is 0 Å². The molecule has 0 fully saturated rings. The van der Waals surface area contributed by atoms with Gasteiger partial charge in [-0.2, -0.15) is 0 Å². The second-order valence-electron chi connectivity index (χ2n) is 5.70. The second-order valence-corrected chi connectivity index (χ2v) is 6.53. The van der Waals surface area contributed by atoms with E-state index < -0.39 is 0 Å². The van der Waals surface area contributed by atoms with E-state index in [-0.39, 0.29) is 0 Å². The van der Waals surface area contributed by atoms with Gasteiger partial charge in [0.15, 0.2) is 5.13 Å². The van der Waals surface area contributed by atoms with Crippen LogP contribution in [0.2, 0.25) is 0 Å². The fourth-order valence-electron chi connectivity index (χ4n) is 2.81. The molecule has 114 valence electrons. The van der Waals surface area contributed by atoms with Crippen molar-refractivity contribution in [1.82, 2.24) is 9.97 Å². The summed E-state index contributed by atoms with van der Waals surface area (Å²) in [6.07, 6.45) is 0. The predicted octanol–water partition coefficient (Wildman–Crippen LogP) is 5.02. The van der Waals surface area contributed by atoms with Gasteiger partial charge in [-0.15, -0.1) is 11.3 Å². The van der Waals surface area contributed by atoms with Crippen LogP contribution in [0, 0.1) is 0 Å². The number of aromatic amines is 1. The lowest BCUT2D eigenvalue weighted by atomic mass is 10.0. The zero-order chi connectivity index (χ0) is 15.8. The molecule has 3 nitrogen and oxygen atoms in total. The summed E-state index contributed by atoms with van der Waals surface area (Å²) in [5.74, 6) is 0. The molecule has 2 aromatic carbocycles. The van der Waals surface area contributed by atoms with Crippen molar-refractivity contribution in [2.75, 3.05) is 19.0 Å². The van der Waals surface area contributed by atoms with Gasteiger partial charge in [-0.1, -0.05) is 48.5 Å². The van der Waals surface area contributed by atoms with Crippen molar-refractivity contribution in [2.24, 2.45) is 0 Å². The first-order valence-corrected chi connectivity index (χ1v) is 8.41. The average Bonchev–Trinajstić information content (AvgIpc) is 3.20. The molecule has 0 unspecified atom stereocenters. The minimum atomic E-state index is 1.02. The number of nitrogens with one attached hydrogen (secondary N) is 1. The molecule has 2 aromatic heterocycles. The van der Waals surface area contributed by atoms with Gasteiger partial charge in [0, 0.05) is 35.9 Å². The van der Waals surface area contributed by atoms with E-state index in [1.54, 1.807) is 11.3 Å². The molecule has 4 aromatic rings. The van der Waals surface area contributed by atoms with Crippen LogP contribution in [0.1, 0.15) is 0 Å². The number of benzene rings is 2. The van der Waals surface area contributed by atoms with Gasteiger partial charge in [-0.25, -0.2) is 4.98 Å². The summed E-state index contributed by atoms with van der Waals surface area (Å²) in [6, 6.07) is 18.8. The number of H-pyrrole nitrogens is 1. The minimum absolute atomic E-state index is 1.02. The van der Waals surface area contributed by atoms with Crippen LogP contribution in [0.25, 0.3) is 33.4 Å². The molecule has 1 N–H and O–H groups in total. The Balaban J connectivity index is 1.99. The maximum Gasteiger partial charge on any atom is 0.185 e. The molecular formula is C19H17N3S. The number of fused-ring (bicyclic) bond motifs is 1. The van der Waals surface area contributed by atoms with Crippen LogP contribution in [0.15, 0.2) is 60.0 Å². The molecule has 0 spiro atoms. The average molecular weight is 319 g/mol. The topological polar surface area (TPSA) is 31.9 Å². The van der Waals surface area contributed by atoms with Gasteiger partial charge in [0.25, 0.3) is 0 Å². The Hall–Kier alpha value is -2.59. The summed E-state index contributed by atoms with van der Waals surface area (Å²) >= 11 is 1.67. The van der Waals surface area contributed by atoms with Crippen molar-refractivity contribution < 1.29 is 0 Å². The SMILES string of the molecule is CN(C)c1nc(-c2c(-c3ccccc3)[nH]c3ccccc23)cs1. The molecule has 4 heteroatoms. The third-order valence-electron chi connectivity index (χ3n) is 3.90. The Kier molecular flexibility index (Phi) is 3.39. The van der Waals surface area contributed by atoms with Crippen molar-refractivity contribution in [3.05, 3.63) is 60.0 Å². The van der Waals surface area contributed by atoms with Crippen molar-refractivity contribution in [2.45, 2.75) is 0 Å². The van der Waals surface area contributed by atoms with Crippen LogP contribution in [0.4, 0.5) is 5.13 Å². The highest BCUT2D eigenvalue weighted by Crippen LogP contribution is 2.39. The molecule has 0 bridgehead atoms. The number of thiazole rings is 1. The van der Waals surface area contributed by atoms with Gasteiger partial charge < -0.3 is 9.88 Å². The fraction of sp³-hybridized carbons (Fsp3) is 0.105. The van der Waals surface area contributed by atoms with Gasteiger partial charge in [-0.05, 0) is 11.6 Å². The molecule has 4 rings (SSSR count). The van der Waals surface area contributed by atoms with Crippen LogP contribution in [-0.4, -0.2) is 24.1 Å². The van der Waals surface area contributed by atoms with Crippen molar-refractivity contribution in [3.8, 4) is 22.5 Å². The molecule has 0 radical (unpaired) electrons. The number of rotatable bonds is 3. The smallest absolute Gasteiger partial charge is 0.185 e. The third kappa shape index (κ3) is 2.41. The molecule has 0 saturated heterocycles. The Morgan fingerprint density at radius 3 is 2.43 bits per heavy atom. The Labute approximate surface area is 139 Å². The van der Waals surface area contributed by atoms with E-state index >= 15 is 0 Å². The fourth-order valence-corrected chi connectivity index (χ4v) is 3.56. The molecule has 23 heavy (non-hydrogen) atoms. The quantitative estimate of drug-likeness (QED) is 0.574. The lowest BCUT2D eigenvalue weighted by Crippen LogP contribution is -2.07. The first-order valence-electron chi connectivity index (χ1n) is 7.53. The molecule has 0 aliphatic rings. The summed E-state index contributed by atoms with van der Waals surface area (Å²) < 4.78 is 0. The number of nitrogens with zero attached hydrogens (tertiary/aromatic N) is 2. The molecular weight excluding hydrogens is 302 g/mol. The van der Waals surface area contributed by atoms with E-state index in [4.69, 9.17) is 4.98 Å². The molecule has 0 amide bonds. The van der Waals surface area contributed by atoms with Crippen LogP contribution in [0.5, 0.6) is 0 Å². The Morgan fingerprint density at radius 1 is 0.957 bits per heavy atom. The summed E-state index contributed by atoms with van der Waals surface area (Å²) in [6.45, 7) is 0. The van der Waals surface area contributed by atoms with Crippen LogP contribution < -0.4 is 4.90 Å². The standard InChI is InChI=1S/C19H17N3S/c1-22(2)19-21-16(12-23-19)17-14-10-6-7-11-15(14)20-18(17)13-8-4-3-5-9-13/h3-12,20H,1-2H3. The Bertz CT molecular complexity index is 951. The molecule has 2 heterocycles. The number of hydrogen-bond donors (Lipinski definition) is 1. The first-order chi connectivity index (χ1) is 11.2. The van der Waals surface area contributed by atoms with E-state index in [0.717, 1.165) is 22.0 Å². The highest BCUT2D eigenvalue weighted by atomic mass is 32.1. The van der Waals surface area contributed by atoms with E-state index in [2.05, 4.69) is 58.9 Å². The van der Waals surface area contributed by atoms with Gasteiger partial charge >= 0.3 is 0 Å². The van der Waals surface area contributed by atoms with Crippen LogP contribution in [0.3, 0.4) is 0 Å². The highest BCUT2D eigenvalue weighted by molar-refractivity contribution is 7.14.